The first-order valence-electron chi connectivity index (χ1n) is 8.16. The molecule has 0 unspecified atom stereocenters. The van der Waals surface area contributed by atoms with E-state index in [4.69, 9.17) is 0 Å². The maximum Gasteiger partial charge on any atom is 0.352 e. The van der Waals surface area contributed by atoms with Gasteiger partial charge in [-0.25, -0.2) is 9.59 Å². The third-order valence-corrected chi connectivity index (χ3v) is 4.48. The summed E-state index contributed by atoms with van der Waals surface area (Å²) in [6.07, 6.45) is 0. The smallest absolute Gasteiger partial charge is 0.352 e. The van der Waals surface area contributed by atoms with Crippen LogP contribution in [-0.4, -0.2) is 32.1 Å². The minimum absolute atomic E-state index is 0.273. The minimum atomic E-state index is -1.28. The third-order valence-electron chi connectivity index (χ3n) is 4.48. The highest BCUT2D eigenvalue weighted by molar-refractivity contribution is 6.04. The van der Waals surface area contributed by atoms with Crippen molar-refractivity contribution in [1.82, 2.24) is 9.97 Å². The Bertz CT molecular complexity index is 1300. The van der Waals surface area contributed by atoms with Crippen LogP contribution >= 0.6 is 0 Å². The number of benzene rings is 2. The summed E-state index contributed by atoms with van der Waals surface area (Å²) in [6.45, 7) is 0. The van der Waals surface area contributed by atoms with Gasteiger partial charge in [-0.1, -0.05) is 24.3 Å². The van der Waals surface area contributed by atoms with Crippen LogP contribution in [0.2, 0.25) is 0 Å². The van der Waals surface area contributed by atoms with Crippen LogP contribution in [0.5, 0.6) is 0 Å². The van der Waals surface area contributed by atoms with Gasteiger partial charge in [0.05, 0.1) is 11.0 Å². The summed E-state index contributed by atoms with van der Waals surface area (Å²) in [5.41, 5.74) is 0.00153. The van der Waals surface area contributed by atoms with Crippen LogP contribution in [0.25, 0.3) is 32.9 Å². The number of carbonyl (C=O) groups is 2. The lowest BCUT2D eigenvalue weighted by molar-refractivity contribution is 0.0680. The lowest BCUT2D eigenvalue weighted by Crippen LogP contribution is -2.11. The second-order valence-corrected chi connectivity index (χ2v) is 6.16. The quantitative estimate of drug-likeness (QED) is 0.433. The molecule has 28 heavy (non-hydrogen) atoms. The van der Waals surface area contributed by atoms with Crippen LogP contribution < -0.4 is 10.9 Å². The SMILES string of the molecule is O=C(O)c1cc(=O)c2cccc(-c3cccc4c(=O)cc(C(=O)O)[nH]c34)c2[nH]1. The molecule has 0 amide bonds. The zero-order valence-corrected chi connectivity index (χ0v) is 14.1. The van der Waals surface area contributed by atoms with E-state index in [2.05, 4.69) is 9.97 Å². The average molecular weight is 376 g/mol. The van der Waals surface area contributed by atoms with E-state index in [9.17, 15) is 29.4 Å². The van der Waals surface area contributed by atoms with Crippen molar-refractivity contribution >= 4 is 33.7 Å². The van der Waals surface area contributed by atoms with E-state index in [0.29, 0.717) is 11.1 Å². The third kappa shape index (κ3) is 2.64. The summed E-state index contributed by atoms with van der Waals surface area (Å²) in [5.74, 6) is -2.57. The average Bonchev–Trinajstić information content (AvgIpc) is 2.67. The van der Waals surface area contributed by atoms with Crippen molar-refractivity contribution in [3.05, 3.63) is 80.4 Å². The number of carboxylic acid groups (broad SMARTS) is 2. The van der Waals surface area contributed by atoms with Gasteiger partial charge in [0.1, 0.15) is 11.4 Å². The molecular weight excluding hydrogens is 364 g/mol. The monoisotopic (exact) mass is 376 g/mol. The lowest BCUT2D eigenvalue weighted by atomic mass is 9.98. The van der Waals surface area contributed by atoms with Crippen molar-refractivity contribution in [1.29, 1.82) is 0 Å². The number of aromatic nitrogens is 2. The number of fused-ring (bicyclic) bond motifs is 2. The summed E-state index contributed by atoms with van der Waals surface area (Å²) in [5, 5.41) is 19.1. The first-order valence-corrected chi connectivity index (χ1v) is 8.16. The van der Waals surface area contributed by atoms with Gasteiger partial charge in [-0.15, -0.1) is 0 Å². The Morgan fingerprint density at radius 2 is 1.07 bits per heavy atom. The van der Waals surface area contributed by atoms with Gasteiger partial charge in [-0.2, -0.15) is 0 Å². The number of aromatic carboxylic acids is 2. The molecule has 0 radical (unpaired) electrons. The molecule has 2 heterocycles. The number of rotatable bonds is 3. The van der Waals surface area contributed by atoms with E-state index < -0.39 is 22.8 Å². The molecule has 0 bridgehead atoms. The number of H-pyrrole nitrogens is 2. The predicted molar refractivity (Wildman–Crippen MR) is 102 cm³/mol. The van der Waals surface area contributed by atoms with E-state index in [-0.39, 0.29) is 33.2 Å². The summed E-state index contributed by atoms with van der Waals surface area (Å²) < 4.78 is 0. The maximum absolute atomic E-state index is 12.3. The second kappa shape index (κ2) is 6.20. The Labute approximate surface area is 155 Å². The van der Waals surface area contributed by atoms with Crippen LogP contribution in [0.4, 0.5) is 0 Å². The fraction of sp³-hybridized carbons (Fsp3) is 0. The van der Waals surface area contributed by atoms with Gasteiger partial charge in [0.15, 0.2) is 10.9 Å². The molecule has 0 spiro atoms. The largest absolute Gasteiger partial charge is 0.477 e. The van der Waals surface area contributed by atoms with Gasteiger partial charge in [0, 0.05) is 34.0 Å². The van der Waals surface area contributed by atoms with Gasteiger partial charge in [0.2, 0.25) is 0 Å². The fourth-order valence-electron chi connectivity index (χ4n) is 3.22. The molecule has 4 aromatic rings. The van der Waals surface area contributed by atoms with Gasteiger partial charge < -0.3 is 20.2 Å². The molecule has 8 heteroatoms. The van der Waals surface area contributed by atoms with Gasteiger partial charge in [0.25, 0.3) is 0 Å². The van der Waals surface area contributed by atoms with E-state index in [0.717, 1.165) is 12.1 Å². The van der Waals surface area contributed by atoms with E-state index in [1.165, 1.54) is 0 Å². The fourth-order valence-corrected chi connectivity index (χ4v) is 3.22. The number of pyridine rings is 2. The Balaban J connectivity index is 2.15. The zero-order valence-electron chi connectivity index (χ0n) is 14.1. The van der Waals surface area contributed by atoms with Crippen LogP contribution in [0.3, 0.4) is 0 Å². The molecular formula is C20H12N2O6. The standard InChI is InChI=1S/C20H12N2O6/c23-15-7-13(19(25)26)21-17-9(3-1-5-11(15)17)10-4-2-6-12-16(24)8-14(20(27)28)22-18(10)12/h1-8H,(H,21,23)(H,22,24)(H,25,26)(H,27,28). The summed E-state index contributed by atoms with van der Waals surface area (Å²) in [7, 11) is 0. The maximum atomic E-state index is 12.3. The van der Waals surface area contributed by atoms with Crippen molar-refractivity contribution in [2.75, 3.05) is 0 Å². The second-order valence-electron chi connectivity index (χ2n) is 6.16. The topological polar surface area (TPSA) is 140 Å². The van der Waals surface area contributed by atoms with Gasteiger partial charge in [-0.05, 0) is 12.1 Å². The number of nitrogens with one attached hydrogen (secondary N) is 2. The molecule has 0 atom stereocenters. The summed E-state index contributed by atoms with van der Waals surface area (Å²) in [4.78, 5) is 52.8. The van der Waals surface area contributed by atoms with Crippen molar-refractivity contribution in [2.24, 2.45) is 0 Å². The lowest BCUT2D eigenvalue weighted by Gasteiger charge is -2.11. The highest BCUT2D eigenvalue weighted by Crippen LogP contribution is 2.30. The van der Waals surface area contributed by atoms with Crippen molar-refractivity contribution < 1.29 is 19.8 Å². The normalized spacial score (nSPS) is 11.0. The Morgan fingerprint density at radius 3 is 1.43 bits per heavy atom. The molecule has 2 aromatic heterocycles. The number of carboxylic acids is 2. The summed E-state index contributed by atoms with van der Waals surface area (Å²) >= 11 is 0. The van der Waals surface area contributed by atoms with E-state index in [1.807, 2.05) is 0 Å². The highest BCUT2D eigenvalue weighted by Gasteiger charge is 2.16. The number of hydrogen-bond donors (Lipinski definition) is 4. The molecule has 0 saturated carbocycles. The van der Waals surface area contributed by atoms with E-state index in [1.54, 1.807) is 36.4 Å². The Hall–Kier alpha value is -4.20. The predicted octanol–water partition coefficient (Wildman–Crippen LogP) is 2.43. The Morgan fingerprint density at radius 1 is 0.679 bits per heavy atom. The molecule has 0 fully saturated rings. The molecule has 0 saturated heterocycles. The number of para-hydroxylation sites is 2. The van der Waals surface area contributed by atoms with Crippen LogP contribution in [0.15, 0.2) is 58.1 Å². The van der Waals surface area contributed by atoms with Crippen LogP contribution in [0.1, 0.15) is 21.0 Å². The molecule has 0 aliphatic heterocycles. The summed E-state index contributed by atoms with van der Waals surface area (Å²) in [6, 6.07) is 11.7. The van der Waals surface area contributed by atoms with Gasteiger partial charge in [-0.3, -0.25) is 9.59 Å². The number of aromatic amines is 2. The van der Waals surface area contributed by atoms with Crippen molar-refractivity contribution in [2.45, 2.75) is 0 Å². The van der Waals surface area contributed by atoms with Crippen LogP contribution in [0, 0.1) is 0 Å². The molecule has 138 valence electrons. The van der Waals surface area contributed by atoms with Gasteiger partial charge >= 0.3 is 11.9 Å². The Kier molecular flexibility index (Phi) is 3.82. The zero-order chi connectivity index (χ0) is 20.0. The first-order chi connectivity index (χ1) is 13.4. The number of hydrogen-bond acceptors (Lipinski definition) is 4. The molecule has 0 aliphatic carbocycles. The van der Waals surface area contributed by atoms with Crippen molar-refractivity contribution in [3.8, 4) is 11.1 Å². The molecule has 8 nitrogen and oxygen atoms in total. The highest BCUT2D eigenvalue weighted by atomic mass is 16.4. The van der Waals surface area contributed by atoms with Crippen molar-refractivity contribution in [3.63, 3.8) is 0 Å². The minimum Gasteiger partial charge on any atom is -0.477 e. The molecule has 2 aromatic carbocycles. The first kappa shape index (κ1) is 17.2. The van der Waals surface area contributed by atoms with Crippen LogP contribution in [-0.2, 0) is 0 Å². The molecule has 4 N–H and O–H groups in total. The molecule has 0 aliphatic rings. The van der Waals surface area contributed by atoms with E-state index >= 15 is 0 Å². The molecule has 4 rings (SSSR count).